The Morgan fingerprint density at radius 3 is 2.62 bits per heavy atom. The van der Waals surface area contributed by atoms with Crippen molar-refractivity contribution in [3.63, 3.8) is 0 Å². The summed E-state index contributed by atoms with van der Waals surface area (Å²) >= 11 is 0. The number of hydrogen-bond donors (Lipinski definition) is 2. The fourth-order valence-electron chi connectivity index (χ4n) is 5.14. The number of fused-ring (bicyclic) bond motifs is 1. The molecule has 1 unspecified atom stereocenters. The lowest BCUT2D eigenvalue weighted by Gasteiger charge is -2.23. The van der Waals surface area contributed by atoms with Gasteiger partial charge in [0, 0.05) is 30.4 Å². The summed E-state index contributed by atoms with van der Waals surface area (Å²) in [7, 11) is 0. The van der Waals surface area contributed by atoms with Gasteiger partial charge in [0.15, 0.2) is 0 Å². The Morgan fingerprint density at radius 1 is 1.04 bits per heavy atom. The highest BCUT2D eigenvalue weighted by molar-refractivity contribution is 6.03. The lowest BCUT2D eigenvalue weighted by Crippen LogP contribution is -2.33. The van der Waals surface area contributed by atoms with Gasteiger partial charge in [0.2, 0.25) is 18.3 Å². The number of amides is 1. The zero-order chi connectivity index (χ0) is 31.3. The molecule has 45 heavy (non-hydrogen) atoms. The average molecular weight is 622 g/mol. The van der Waals surface area contributed by atoms with Crippen LogP contribution in [0.3, 0.4) is 0 Å². The van der Waals surface area contributed by atoms with E-state index in [0.29, 0.717) is 47.9 Å². The number of pyridine rings is 3. The average Bonchev–Trinajstić information content (AvgIpc) is 3.43. The van der Waals surface area contributed by atoms with Crippen molar-refractivity contribution >= 4 is 22.8 Å². The number of H-pyrrole nitrogens is 1. The lowest BCUT2D eigenvalue weighted by molar-refractivity contribution is -0.118. The van der Waals surface area contributed by atoms with Crippen molar-refractivity contribution in [2.24, 2.45) is 0 Å². The molecule has 5 heterocycles. The molecule has 1 fully saturated rings. The number of benzene rings is 1. The molecular formula is C32H27F4N5O4. The van der Waals surface area contributed by atoms with E-state index < -0.39 is 36.4 Å². The van der Waals surface area contributed by atoms with Crippen LogP contribution in [-0.4, -0.2) is 64.8 Å². The van der Waals surface area contributed by atoms with Crippen molar-refractivity contribution in [3.05, 3.63) is 90.4 Å². The van der Waals surface area contributed by atoms with E-state index in [0.717, 1.165) is 12.1 Å². The third-order valence-corrected chi connectivity index (χ3v) is 7.22. The van der Waals surface area contributed by atoms with Crippen molar-refractivity contribution in [1.82, 2.24) is 19.9 Å². The predicted octanol–water partition coefficient (Wildman–Crippen LogP) is 6.14. The quantitative estimate of drug-likeness (QED) is 0.142. The van der Waals surface area contributed by atoms with Crippen molar-refractivity contribution in [2.45, 2.75) is 24.9 Å². The number of anilines is 1. The number of rotatable bonds is 10. The van der Waals surface area contributed by atoms with Gasteiger partial charge in [-0.3, -0.25) is 9.78 Å². The highest BCUT2D eigenvalue weighted by Gasteiger charge is 2.26. The van der Waals surface area contributed by atoms with E-state index in [4.69, 9.17) is 14.2 Å². The van der Waals surface area contributed by atoms with E-state index in [-0.39, 0.29) is 35.4 Å². The highest BCUT2D eigenvalue weighted by Crippen LogP contribution is 2.40. The van der Waals surface area contributed by atoms with E-state index in [2.05, 4.69) is 25.3 Å². The summed E-state index contributed by atoms with van der Waals surface area (Å²) in [5, 5.41) is 2.61. The van der Waals surface area contributed by atoms with Crippen LogP contribution in [0.2, 0.25) is 0 Å². The second-order valence-electron chi connectivity index (χ2n) is 10.3. The molecule has 0 aliphatic carbocycles. The van der Waals surface area contributed by atoms with Gasteiger partial charge in [0.25, 0.3) is 0 Å². The summed E-state index contributed by atoms with van der Waals surface area (Å²) in [4.78, 5) is 29.3. The Kier molecular flexibility index (Phi) is 8.98. The molecule has 13 heteroatoms. The first-order chi connectivity index (χ1) is 21.9. The molecular weight excluding hydrogens is 594 g/mol. The summed E-state index contributed by atoms with van der Waals surface area (Å²) in [6, 6.07) is 14.5. The van der Waals surface area contributed by atoms with Gasteiger partial charge in [-0.15, -0.1) is 0 Å². The van der Waals surface area contributed by atoms with Gasteiger partial charge in [-0.2, -0.15) is 4.39 Å². The minimum absolute atomic E-state index is 0.0783. The maximum atomic E-state index is 14.9. The molecule has 0 saturated carbocycles. The number of alkyl halides is 2. The third kappa shape index (κ3) is 6.94. The Labute approximate surface area is 254 Å². The van der Waals surface area contributed by atoms with Crippen LogP contribution in [0.5, 0.6) is 5.75 Å². The zero-order valence-electron chi connectivity index (χ0n) is 23.7. The second kappa shape index (κ2) is 13.4. The maximum absolute atomic E-state index is 14.9. The lowest BCUT2D eigenvalue weighted by atomic mass is 9.95. The number of hydrogen-bond acceptors (Lipinski definition) is 7. The number of ether oxygens (including phenoxy) is 3. The van der Waals surface area contributed by atoms with E-state index >= 15 is 0 Å². The molecule has 2 N–H and O–H groups in total. The Balaban J connectivity index is 1.37. The summed E-state index contributed by atoms with van der Waals surface area (Å²) in [6.07, 6.45) is -0.846. The summed E-state index contributed by atoms with van der Waals surface area (Å²) in [5.41, 5.74) is 2.85. The largest absolute Gasteiger partial charge is 0.488 e. The van der Waals surface area contributed by atoms with Gasteiger partial charge in [0.1, 0.15) is 41.1 Å². The number of aromatic amines is 1. The zero-order valence-corrected chi connectivity index (χ0v) is 23.7. The van der Waals surface area contributed by atoms with Crippen LogP contribution >= 0.6 is 0 Å². The van der Waals surface area contributed by atoms with E-state index in [1.165, 1.54) is 24.4 Å². The van der Waals surface area contributed by atoms with Gasteiger partial charge < -0.3 is 24.5 Å². The van der Waals surface area contributed by atoms with Crippen molar-refractivity contribution in [1.29, 1.82) is 0 Å². The van der Waals surface area contributed by atoms with Crippen LogP contribution in [0, 0.1) is 11.8 Å². The number of carbonyl (C=O) groups excluding carboxylic acids is 1. The summed E-state index contributed by atoms with van der Waals surface area (Å²) in [6.45, 7) is 1.38. The number of aromatic nitrogens is 4. The van der Waals surface area contributed by atoms with Crippen molar-refractivity contribution in [3.8, 4) is 28.3 Å². The Hall–Kier alpha value is -4.88. The van der Waals surface area contributed by atoms with Crippen LogP contribution in [0.1, 0.15) is 17.9 Å². The molecule has 5 aromatic rings. The van der Waals surface area contributed by atoms with E-state index in [1.807, 2.05) is 0 Å². The number of nitrogens with one attached hydrogen (secondary N) is 2. The van der Waals surface area contributed by atoms with E-state index in [9.17, 15) is 22.4 Å². The first-order valence-corrected chi connectivity index (χ1v) is 14.1. The first kappa shape index (κ1) is 30.2. The summed E-state index contributed by atoms with van der Waals surface area (Å²) < 4.78 is 72.3. The van der Waals surface area contributed by atoms with Crippen LogP contribution in [0.15, 0.2) is 73.1 Å². The molecule has 9 nitrogen and oxygen atoms in total. The smallest absolute Gasteiger partial charge is 0.239 e. The molecule has 6 rings (SSSR count). The SMILES string of the molecule is O=C(Nc1cc(-c2[nH]c3c(OC[C@@H]4COCCO4)cc(F)nc3c2-c2ccccn2)ccn1)C(CC(F)F)c1ccc(F)cc1. The maximum Gasteiger partial charge on any atom is 0.239 e. The van der Waals surface area contributed by atoms with Crippen LogP contribution in [0.25, 0.3) is 33.5 Å². The molecule has 1 aliphatic heterocycles. The minimum Gasteiger partial charge on any atom is -0.488 e. The molecule has 2 atom stereocenters. The first-order valence-electron chi connectivity index (χ1n) is 14.1. The Bertz CT molecular complexity index is 1780. The molecule has 1 aromatic carbocycles. The van der Waals surface area contributed by atoms with Gasteiger partial charge >= 0.3 is 0 Å². The normalized spacial score (nSPS) is 15.7. The minimum atomic E-state index is -2.78. The Morgan fingerprint density at radius 2 is 1.89 bits per heavy atom. The third-order valence-electron chi connectivity index (χ3n) is 7.22. The van der Waals surface area contributed by atoms with Gasteiger partial charge in [-0.1, -0.05) is 18.2 Å². The van der Waals surface area contributed by atoms with Gasteiger partial charge in [-0.25, -0.2) is 23.1 Å². The van der Waals surface area contributed by atoms with Crippen molar-refractivity contribution < 1.29 is 36.6 Å². The van der Waals surface area contributed by atoms with Crippen LogP contribution in [0.4, 0.5) is 23.4 Å². The molecule has 0 radical (unpaired) electrons. The van der Waals surface area contributed by atoms with Gasteiger partial charge in [-0.05, 0) is 42.0 Å². The van der Waals surface area contributed by atoms with Crippen LogP contribution < -0.4 is 10.1 Å². The summed E-state index contributed by atoms with van der Waals surface area (Å²) in [5.74, 6) is -3.03. The monoisotopic (exact) mass is 621 g/mol. The standard InChI is InChI=1S/C32H27F4N5O4/c33-20-6-4-18(5-7-20)22(14-25(34)35)32(42)40-27-13-19(8-10-38-27)29-28(23-3-1-2-9-37-23)31-30(41-29)24(15-26(36)39-31)45-17-21-16-43-11-12-44-21/h1-10,13,15,21-22,25,41H,11-12,14,16-17H2,(H,38,40,42)/t21-,22?/m0/s1. The predicted molar refractivity (Wildman–Crippen MR) is 157 cm³/mol. The number of carbonyl (C=O) groups is 1. The molecule has 4 aromatic heterocycles. The van der Waals surface area contributed by atoms with E-state index in [1.54, 1.807) is 36.5 Å². The molecule has 1 aliphatic rings. The number of nitrogens with zero attached hydrogens (tertiary/aromatic N) is 3. The van der Waals surface area contributed by atoms with Crippen LogP contribution in [-0.2, 0) is 14.3 Å². The fraction of sp³-hybridized carbons (Fsp3) is 0.250. The number of halogens is 4. The highest BCUT2D eigenvalue weighted by atomic mass is 19.3. The molecule has 232 valence electrons. The second-order valence-corrected chi connectivity index (χ2v) is 10.3. The molecule has 1 saturated heterocycles. The van der Waals surface area contributed by atoms with Crippen molar-refractivity contribution in [2.75, 3.05) is 31.7 Å². The topological polar surface area (TPSA) is 111 Å². The molecule has 0 bridgehead atoms. The fourth-order valence-corrected chi connectivity index (χ4v) is 5.14. The van der Waals surface area contributed by atoms with Gasteiger partial charge in [0.05, 0.1) is 42.7 Å². The molecule has 0 spiro atoms. The molecule has 1 amide bonds.